The van der Waals surface area contributed by atoms with Crippen molar-refractivity contribution < 1.29 is 0 Å². The summed E-state index contributed by atoms with van der Waals surface area (Å²) in [6.07, 6.45) is 8.59. The van der Waals surface area contributed by atoms with Crippen LogP contribution in [0.4, 0.5) is 0 Å². The van der Waals surface area contributed by atoms with Crippen molar-refractivity contribution in [3.05, 3.63) is 0 Å². The smallest absolute Gasteiger partial charge is 0.00922 e. The van der Waals surface area contributed by atoms with Crippen LogP contribution in [-0.2, 0) is 0 Å². The zero-order valence-electron chi connectivity index (χ0n) is 9.47. The van der Waals surface area contributed by atoms with Gasteiger partial charge in [-0.15, -0.1) is 0 Å². The lowest BCUT2D eigenvalue weighted by molar-refractivity contribution is 0.147. The summed E-state index contributed by atoms with van der Waals surface area (Å²) in [7, 11) is 2.31. The van der Waals surface area contributed by atoms with Gasteiger partial charge in [-0.05, 0) is 64.7 Å². The van der Waals surface area contributed by atoms with E-state index in [9.17, 15) is 0 Å². The van der Waals surface area contributed by atoms with Crippen LogP contribution in [0.5, 0.6) is 0 Å². The molecule has 2 aliphatic rings. The fraction of sp³-hybridized carbons (Fsp3) is 1.00. The monoisotopic (exact) mass is 196 g/mol. The Kier molecular flexibility index (Phi) is 3.82. The predicted molar refractivity (Wildman–Crippen MR) is 60.5 cm³/mol. The molecule has 1 N–H and O–H groups in total. The van der Waals surface area contributed by atoms with E-state index in [4.69, 9.17) is 0 Å². The second-order valence-corrected chi connectivity index (χ2v) is 5.07. The molecule has 0 aromatic heterocycles. The number of hydrogen-bond donors (Lipinski definition) is 1. The second-order valence-electron chi connectivity index (χ2n) is 5.07. The van der Waals surface area contributed by atoms with Crippen molar-refractivity contribution in [2.45, 2.75) is 44.6 Å². The van der Waals surface area contributed by atoms with Crippen LogP contribution in [0.25, 0.3) is 0 Å². The van der Waals surface area contributed by atoms with Crippen LogP contribution in [0, 0.1) is 5.92 Å². The molecule has 0 bridgehead atoms. The van der Waals surface area contributed by atoms with E-state index in [1.807, 2.05) is 0 Å². The molecular weight excluding hydrogens is 172 g/mol. The van der Waals surface area contributed by atoms with Crippen molar-refractivity contribution in [3.63, 3.8) is 0 Å². The minimum atomic E-state index is 0.923. The predicted octanol–water partition coefficient (Wildman–Crippen LogP) is 1.86. The molecule has 1 saturated carbocycles. The number of rotatable bonds is 4. The summed E-state index contributed by atoms with van der Waals surface area (Å²) in [4.78, 5) is 2.58. The molecule has 2 nitrogen and oxygen atoms in total. The Morgan fingerprint density at radius 1 is 1.21 bits per heavy atom. The minimum absolute atomic E-state index is 0.923. The Bertz CT molecular complexity index is 158. The van der Waals surface area contributed by atoms with E-state index in [-0.39, 0.29) is 0 Å². The van der Waals surface area contributed by atoms with Crippen LogP contribution in [0.2, 0.25) is 0 Å². The Morgan fingerprint density at radius 3 is 2.64 bits per heavy atom. The van der Waals surface area contributed by atoms with E-state index in [1.165, 1.54) is 58.2 Å². The topological polar surface area (TPSA) is 15.3 Å². The Labute approximate surface area is 88.1 Å². The Morgan fingerprint density at radius 2 is 2.07 bits per heavy atom. The summed E-state index contributed by atoms with van der Waals surface area (Å²) in [6, 6.07) is 0.923. The fourth-order valence-electron chi connectivity index (χ4n) is 2.57. The van der Waals surface area contributed by atoms with Gasteiger partial charge in [-0.2, -0.15) is 0 Å². The van der Waals surface area contributed by atoms with Crippen molar-refractivity contribution in [3.8, 4) is 0 Å². The zero-order valence-corrected chi connectivity index (χ0v) is 9.47. The molecule has 2 heteroatoms. The van der Waals surface area contributed by atoms with Gasteiger partial charge in [0.05, 0.1) is 0 Å². The van der Waals surface area contributed by atoms with Gasteiger partial charge in [0, 0.05) is 6.04 Å². The Hall–Kier alpha value is -0.0800. The van der Waals surface area contributed by atoms with Crippen LogP contribution in [-0.4, -0.2) is 37.6 Å². The van der Waals surface area contributed by atoms with Crippen molar-refractivity contribution in [1.82, 2.24) is 10.2 Å². The van der Waals surface area contributed by atoms with E-state index in [0.29, 0.717) is 0 Å². The second kappa shape index (κ2) is 5.13. The van der Waals surface area contributed by atoms with Crippen LogP contribution in [0.1, 0.15) is 38.5 Å². The minimum Gasteiger partial charge on any atom is -0.316 e. The molecule has 0 aromatic rings. The first kappa shape index (κ1) is 10.4. The number of nitrogens with zero attached hydrogens (tertiary/aromatic N) is 1. The van der Waals surface area contributed by atoms with Gasteiger partial charge in [0.25, 0.3) is 0 Å². The van der Waals surface area contributed by atoms with Gasteiger partial charge < -0.3 is 10.2 Å². The van der Waals surface area contributed by atoms with Crippen LogP contribution in [0.3, 0.4) is 0 Å². The highest BCUT2D eigenvalue weighted by Gasteiger charge is 2.22. The normalized spacial score (nSPS) is 29.1. The lowest BCUT2D eigenvalue weighted by Gasteiger charge is -2.36. The number of nitrogens with one attached hydrogen (secondary N) is 1. The lowest BCUT2D eigenvalue weighted by Crippen LogP contribution is -2.39. The van der Waals surface area contributed by atoms with Gasteiger partial charge in [-0.3, -0.25) is 0 Å². The summed E-state index contributed by atoms with van der Waals surface area (Å²) < 4.78 is 0. The molecule has 2 rings (SSSR count). The van der Waals surface area contributed by atoms with E-state index in [1.54, 1.807) is 0 Å². The molecule has 1 saturated heterocycles. The third-order valence-corrected chi connectivity index (χ3v) is 3.99. The molecule has 1 aliphatic carbocycles. The van der Waals surface area contributed by atoms with Crippen LogP contribution < -0.4 is 5.32 Å². The summed E-state index contributed by atoms with van der Waals surface area (Å²) in [6.45, 7) is 3.82. The van der Waals surface area contributed by atoms with Gasteiger partial charge >= 0.3 is 0 Å². The highest BCUT2D eigenvalue weighted by atomic mass is 15.1. The van der Waals surface area contributed by atoms with E-state index in [0.717, 1.165) is 12.0 Å². The molecule has 14 heavy (non-hydrogen) atoms. The highest BCUT2D eigenvalue weighted by molar-refractivity contribution is 4.79. The number of piperidine rings is 1. The highest BCUT2D eigenvalue weighted by Crippen LogP contribution is 2.24. The van der Waals surface area contributed by atoms with Crippen molar-refractivity contribution in [2.24, 2.45) is 5.92 Å². The average Bonchev–Trinajstić information content (AvgIpc) is 2.14. The molecule has 1 unspecified atom stereocenters. The molecule has 0 spiro atoms. The zero-order chi connectivity index (χ0) is 9.80. The maximum atomic E-state index is 3.50. The first-order valence-electron chi connectivity index (χ1n) is 6.27. The van der Waals surface area contributed by atoms with Gasteiger partial charge in [-0.25, -0.2) is 0 Å². The first-order chi connectivity index (χ1) is 6.86. The van der Waals surface area contributed by atoms with Crippen molar-refractivity contribution >= 4 is 0 Å². The Balaban J connectivity index is 1.60. The molecule has 0 amide bonds. The quantitative estimate of drug-likeness (QED) is 0.738. The maximum Gasteiger partial charge on any atom is 0.00922 e. The fourth-order valence-corrected chi connectivity index (χ4v) is 2.57. The maximum absolute atomic E-state index is 3.50. The molecule has 0 aromatic carbocycles. The molecule has 0 radical (unpaired) electrons. The van der Waals surface area contributed by atoms with Gasteiger partial charge in [0.2, 0.25) is 0 Å². The summed E-state index contributed by atoms with van der Waals surface area (Å²) in [5, 5.41) is 3.50. The molecule has 1 aliphatic heterocycles. The van der Waals surface area contributed by atoms with Gasteiger partial charge in [0.15, 0.2) is 0 Å². The molecule has 2 fully saturated rings. The molecular formula is C12H24N2. The van der Waals surface area contributed by atoms with E-state index >= 15 is 0 Å². The van der Waals surface area contributed by atoms with Crippen LogP contribution >= 0.6 is 0 Å². The molecule has 1 heterocycles. The van der Waals surface area contributed by atoms with Crippen molar-refractivity contribution in [1.29, 1.82) is 0 Å². The summed E-state index contributed by atoms with van der Waals surface area (Å²) >= 11 is 0. The third kappa shape index (κ3) is 2.71. The van der Waals surface area contributed by atoms with Gasteiger partial charge in [0.1, 0.15) is 0 Å². The lowest BCUT2D eigenvalue weighted by atomic mass is 9.90. The van der Waals surface area contributed by atoms with Gasteiger partial charge in [-0.1, -0.05) is 6.42 Å². The largest absolute Gasteiger partial charge is 0.316 e. The third-order valence-electron chi connectivity index (χ3n) is 3.99. The van der Waals surface area contributed by atoms with Crippen molar-refractivity contribution in [2.75, 3.05) is 26.7 Å². The molecule has 1 atom stereocenters. The van der Waals surface area contributed by atoms with Crippen LogP contribution in [0.15, 0.2) is 0 Å². The van der Waals surface area contributed by atoms with E-state index in [2.05, 4.69) is 17.3 Å². The van der Waals surface area contributed by atoms with E-state index < -0.39 is 0 Å². The average molecular weight is 196 g/mol. The standard InChI is InChI=1S/C12H24N2/c1-14(12-5-2-6-12)9-7-11-4-3-8-13-10-11/h11-13H,2-10H2,1H3. The summed E-state index contributed by atoms with van der Waals surface area (Å²) in [5.41, 5.74) is 0. The SMILES string of the molecule is CN(CCC1CCCNC1)C1CCC1. The molecule has 82 valence electrons. The summed E-state index contributed by atoms with van der Waals surface area (Å²) in [5.74, 6) is 0.950. The number of hydrogen-bond acceptors (Lipinski definition) is 2. The first-order valence-corrected chi connectivity index (χ1v) is 6.27.